The molecule has 0 saturated carbocycles. The molecule has 0 N–H and O–H groups in total. The zero-order valence-electron chi connectivity index (χ0n) is 13.8. The van der Waals surface area contributed by atoms with Crippen LogP contribution in [-0.2, 0) is 26.2 Å². The monoisotopic (exact) mass is 396 g/mol. The number of hydrogen-bond donors (Lipinski definition) is 0. The molecular formula is C18H28P2Zr. The van der Waals surface area contributed by atoms with E-state index in [-0.39, 0.29) is 42.0 Å². The van der Waals surface area contributed by atoms with Gasteiger partial charge in [0, 0.05) is 0 Å². The Balaban J connectivity index is 0.000000364. The van der Waals surface area contributed by atoms with E-state index in [0.717, 1.165) is 0 Å². The van der Waals surface area contributed by atoms with E-state index in [9.17, 15) is 0 Å². The maximum atomic E-state index is 2.28. The smallest absolute Gasteiger partial charge is 0.213 e. The molecule has 0 heterocycles. The summed E-state index contributed by atoms with van der Waals surface area (Å²) in [7, 11) is 0.371. The Hall–Kier alpha value is 0.443. The van der Waals surface area contributed by atoms with Crippen LogP contribution >= 0.6 is 15.8 Å². The van der Waals surface area contributed by atoms with Gasteiger partial charge < -0.3 is 0 Å². The van der Waals surface area contributed by atoms with Crippen LogP contribution in [0.1, 0.15) is 27.7 Å². The first-order chi connectivity index (χ1) is 9.76. The molecule has 2 aromatic carbocycles. The molecule has 114 valence electrons. The molecule has 2 aromatic rings. The molecule has 0 spiro atoms. The third-order valence-electron chi connectivity index (χ3n) is 3.55. The molecule has 3 heteroatoms. The van der Waals surface area contributed by atoms with E-state index < -0.39 is 0 Å². The van der Waals surface area contributed by atoms with Crippen molar-refractivity contribution in [1.82, 2.24) is 0 Å². The van der Waals surface area contributed by atoms with Crippen molar-refractivity contribution in [2.75, 3.05) is 24.6 Å². The van der Waals surface area contributed by atoms with Gasteiger partial charge in [-0.2, -0.15) is 24.3 Å². The average Bonchev–Trinajstić information content (AvgIpc) is 3.15. The SMILES string of the molecule is CCP(CC)c1ccc[cH-]1.CCP(CC)c1ccc[cH-]1.[Zr+2]. The molecule has 0 aromatic heterocycles. The van der Waals surface area contributed by atoms with Crippen molar-refractivity contribution in [3.63, 3.8) is 0 Å². The van der Waals surface area contributed by atoms with Crippen LogP contribution in [0.25, 0.3) is 0 Å². The van der Waals surface area contributed by atoms with Gasteiger partial charge in [0.1, 0.15) is 0 Å². The Labute approximate surface area is 153 Å². The Bertz CT molecular complexity index is 370. The van der Waals surface area contributed by atoms with E-state index in [2.05, 4.69) is 76.2 Å². The van der Waals surface area contributed by atoms with E-state index in [1.165, 1.54) is 24.6 Å². The van der Waals surface area contributed by atoms with Gasteiger partial charge in [0.2, 0.25) is 0 Å². The van der Waals surface area contributed by atoms with Crippen LogP contribution in [0.4, 0.5) is 0 Å². The fourth-order valence-electron chi connectivity index (χ4n) is 2.33. The molecule has 0 bridgehead atoms. The van der Waals surface area contributed by atoms with Gasteiger partial charge in [-0.05, 0) is 24.6 Å². The summed E-state index contributed by atoms with van der Waals surface area (Å²) in [4.78, 5) is 0. The predicted octanol–water partition coefficient (Wildman–Crippen LogP) is 5.10. The molecule has 0 saturated heterocycles. The van der Waals surface area contributed by atoms with Gasteiger partial charge in [-0.3, -0.25) is 0 Å². The van der Waals surface area contributed by atoms with E-state index in [1.807, 2.05) is 0 Å². The summed E-state index contributed by atoms with van der Waals surface area (Å²) in [5, 5.41) is 3.14. The summed E-state index contributed by atoms with van der Waals surface area (Å²) in [6.45, 7) is 9.12. The fraction of sp³-hybridized carbons (Fsp3) is 0.444. The Morgan fingerprint density at radius 2 is 1.05 bits per heavy atom. The van der Waals surface area contributed by atoms with Crippen LogP contribution in [0.3, 0.4) is 0 Å². The van der Waals surface area contributed by atoms with Crippen molar-refractivity contribution < 1.29 is 26.2 Å². The molecule has 0 unspecified atom stereocenters. The summed E-state index contributed by atoms with van der Waals surface area (Å²) in [5.74, 6) is 0. The van der Waals surface area contributed by atoms with Crippen molar-refractivity contribution in [2.24, 2.45) is 0 Å². The molecule has 0 aliphatic heterocycles. The van der Waals surface area contributed by atoms with Crippen molar-refractivity contribution in [1.29, 1.82) is 0 Å². The summed E-state index contributed by atoms with van der Waals surface area (Å²) < 4.78 is 0. The summed E-state index contributed by atoms with van der Waals surface area (Å²) in [5.41, 5.74) is 0. The summed E-state index contributed by atoms with van der Waals surface area (Å²) in [6, 6.07) is 17.5. The Morgan fingerprint density at radius 1 is 0.714 bits per heavy atom. The minimum Gasteiger partial charge on any atom is -0.213 e. The fourth-order valence-corrected chi connectivity index (χ4v) is 5.87. The van der Waals surface area contributed by atoms with E-state index >= 15 is 0 Å². The van der Waals surface area contributed by atoms with Gasteiger partial charge in [0.25, 0.3) is 0 Å². The molecular weight excluding hydrogens is 369 g/mol. The minimum absolute atomic E-state index is 0. The van der Waals surface area contributed by atoms with Gasteiger partial charge in [-0.1, -0.05) is 27.7 Å². The van der Waals surface area contributed by atoms with Crippen molar-refractivity contribution in [3.8, 4) is 0 Å². The van der Waals surface area contributed by atoms with E-state index in [4.69, 9.17) is 0 Å². The van der Waals surface area contributed by atoms with Crippen molar-refractivity contribution in [2.45, 2.75) is 27.7 Å². The molecule has 0 aliphatic rings. The predicted molar refractivity (Wildman–Crippen MR) is 99.3 cm³/mol. The first kappa shape index (κ1) is 21.4. The Kier molecular flexibility index (Phi) is 13.2. The number of hydrogen-bond acceptors (Lipinski definition) is 0. The summed E-state index contributed by atoms with van der Waals surface area (Å²) >= 11 is 0. The Morgan fingerprint density at radius 3 is 1.24 bits per heavy atom. The van der Waals surface area contributed by atoms with Crippen LogP contribution in [0.5, 0.6) is 0 Å². The van der Waals surface area contributed by atoms with Crippen LogP contribution in [0.2, 0.25) is 0 Å². The first-order valence-corrected chi connectivity index (χ1v) is 11.1. The average molecular weight is 398 g/mol. The van der Waals surface area contributed by atoms with Crippen LogP contribution in [0, 0.1) is 0 Å². The second kappa shape index (κ2) is 12.9. The second-order valence-electron chi connectivity index (χ2n) is 4.63. The maximum absolute atomic E-state index is 2.28. The second-order valence-corrected chi connectivity index (χ2v) is 10.4. The van der Waals surface area contributed by atoms with Crippen LogP contribution < -0.4 is 10.6 Å². The molecule has 0 atom stereocenters. The molecule has 0 nitrogen and oxygen atoms in total. The van der Waals surface area contributed by atoms with Gasteiger partial charge in [-0.15, -0.1) is 26.5 Å². The zero-order chi connectivity index (χ0) is 14.8. The molecule has 0 fully saturated rings. The first-order valence-electron chi connectivity index (χ1n) is 7.70. The third kappa shape index (κ3) is 7.50. The normalized spacial score (nSPS) is 10.2. The molecule has 0 radical (unpaired) electrons. The van der Waals surface area contributed by atoms with Crippen LogP contribution in [-0.4, -0.2) is 24.6 Å². The van der Waals surface area contributed by atoms with Crippen LogP contribution in [0.15, 0.2) is 48.5 Å². The van der Waals surface area contributed by atoms with Gasteiger partial charge in [0.05, 0.1) is 0 Å². The number of rotatable bonds is 6. The third-order valence-corrected chi connectivity index (χ3v) is 8.66. The maximum Gasteiger partial charge on any atom is 2.00 e. The molecule has 0 aliphatic carbocycles. The van der Waals surface area contributed by atoms with Gasteiger partial charge in [0.15, 0.2) is 0 Å². The molecule has 0 amide bonds. The van der Waals surface area contributed by atoms with Crippen molar-refractivity contribution >= 4 is 26.5 Å². The summed E-state index contributed by atoms with van der Waals surface area (Å²) in [6.07, 6.45) is 5.32. The topological polar surface area (TPSA) is 0 Å². The zero-order valence-corrected chi connectivity index (χ0v) is 18.1. The standard InChI is InChI=1S/2C9H14P.Zr/c2*1-3-10(4-2)9-7-5-6-8-9;/h2*5-8H,3-4H2,1-2H3;/q2*-1;+2. The van der Waals surface area contributed by atoms with E-state index in [1.54, 1.807) is 10.6 Å². The largest absolute Gasteiger partial charge is 2.00 e. The molecule has 2 rings (SSSR count). The quantitative estimate of drug-likeness (QED) is 0.470. The van der Waals surface area contributed by atoms with E-state index in [0.29, 0.717) is 0 Å². The minimum atomic E-state index is 0. The molecule has 21 heavy (non-hydrogen) atoms. The van der Waals surface area contributed by atoms with Gasteiger partial charge >= 0.3 is 26.2 Å². The van der Waals surface area contributed by atoms with Crippen molar-refractivity contribution in [3.05, 3.63) is 48.5 Å². The van der Waals surface area contributed by atoms with Gasteiger partial charge in [-0.25, -0.2) is 24.3 Å².